The van der Waals surface area contributed by atoms with Gasteiger partial charge in [-0.1, -0.05) is 11.6 Å². The van der Waals surface area contributed by atoms with Crippen LogP contribution in [0.3, 0.4) is 0 Å². The molecule has 1 aliphatic rings. The van der Waals surface area contributed by atoms with E-state index in [0.717, 1.165) is 16.4 Å². The van der Waals surface area contributed by atoms with E-state index in [0.29, 0.717) is 18.4 Å². The van der Waals surface area contributed by atoms with Gasteiger partial charge in [-0.2, -0.15) is 17.5 Å². The quantitative estimate of drug-likeness (QED) is 0.670. The monoisotopic (exact) mass is 464 g/mol. The van der Waals surface area contributed by atoms with Gasteiger partial charge in [0.15, 0.2) is 0 Å². The summed E-state index contributed by atoms with van der Waals surface area (Å²) in [6.45, 7) is 0.379. The lowest BCUT2D eigenvalue weighted by atomic mass is 9.96. The lowest BCUT2D eigenvalue weighted by Gasteiger charge is -2.32. The van der Waals surface area contributed by atoms with Crippen molar-refractivity contribution >= 4 is 27.5 Å². The molecule has 0 unspecified atom stereocenters. The van der Waals surface area contributed by atoms with E-state index in [-0.39, 0.29) is 37.8 Å². The molecule has 0 spiro atoms. The maximum absolute atomic E-state index is 13.1. The molecule has 6 nitrogen and oxygen atoms in total. The fraction of sp³-hybridized carbons (Fsp3) is 0.421. The smallest absolute Gasteiger partial charge is 0.417 e. The van der Waals surface area contributed by atoms with Crippen LogP contribution in [0.25, 0.3) is 0 Å². The number of sulfonamides is 1. The van der Waals surface area contributed by atoms with Crippen molar-refractivity contribution in [3.05, 3.63) is 52.9 Å². The molecular weight excluding hydrogens is 445 g/mol. The van der Waals surface area contributed by atoms with Crippen molar-refractivity contribution in [2.45, 2.75) is 30.5 Å². The summed E-state index contributed by atoms with van der Waals surface area (Å²) in [6, 6.07) is 6.00. The fourth-order valence-corrected chi connectivity index (χ4v) is 5.12. The van der Waals surface area contributed by atoms with Crippen LogP contribution in [0.4, 0.5) is 13.2 Å². The van der Waals surface area contributed by atoms with Gasteiger partial charge in [0, 0.05) is 26.1 Å². The first-order valence-corrected chi connectivity index (χ1v) is 11.0. The van der Waals surface area contributed by atoms with E-state index in [4.69, 9.17) is 16.0 Å². The number of benzene rings is 1. The number of amides is 1. The number of alkyl halides is 3. The summed E-state index contributed by atoms with van der Waals surface area (Å²) in [5.41, 5.74) is -1.20. The summed E-state index contributed by atoms with van der Waals surface area (Å²) in [4.78, 5) is 13.7. The van der Waals surface area contributed by atoms with Crippen molar-refractivity contribution in [1.29, 1.82) is 0 Å². The van der Waals surface area contributed by atoms with Crippen LogP contribution < -0.4 is 0 Å². The van der Waals surface area contributed by atoms with Crippen LogP contribution in [0, 0.1) is 5.92 Å². The Balaban J connectivity index is 1.67. The van der Waals surface area contributed by atoms with Gasteiger partial charge in [-0.25, -0.2) is 8.42 Å². The minimum Gasteiger partial charge on any atom is -0.467 e. The normalized spacial score (nSPS) is 16.6. The summed E-state index contributed by atoms with van der Waals surface area (Å²) in [5, 5.41) is -0.564. The van der Waals surface area contributed by atoms with Gasteiger partial charge in [0.05, 0.1) is 28.3 Å². The Labute approximate surface area is 177 Å². The Morgan fingerprint density at radius 1 is 1.27 bits per heavy atom. The molecule has 2 aromatic rings. The third-order valence-electron chi connectivity index (χ3n) is 5.03. The molecule has 1 aromatic carbocycles. The molecule has 2 heterocycles. The van der Waals surface area contributed by atoms with Crippen LogP contribution in [0.15, 0.2) is 45.9 Å². The number of halogens is 4. The first-order valence-electron chi connectivity index (χ1n) is 9.14. The van der Waals surface area contributed by atoms with Gasteiger partial charge in [-0.3, -0.25) is 4.79 Å². The summed E-state index contributed by atoms with van der Waals surface area (Å²) in [7, 11) is -2.50. The number of piperidine rings is 1. The van der Waals surface area contributed by atoms with Crippen molar-refractivity contribution in [3.8, 4) is 0 Å². The second-order valence-corrected chi connectivity index (χ2v) is 9.44. The van der Waals surface area contributed by atoms with Gasteiger partial charge in [0.2, 0.25) is 15.9 Å². The molecule has 0 radical (unpaired) electrons. The lowest BCUT2D eigenvalue weighted by Crippen LogP contribution is -2.43. The molecule has 0 bridgehead atoms. The summed E-state index contributed by atoms with van der Waals surface area (Å²) >= 11 is 5.57. The van der Waals surface area contributed by atoms with Gasteiger partial charge in [0.25, 0.3) is 0 Å². The number of carbonyl (C=O) groups is 1. The molecule has 0 saturated carbocycles. The average Bonchev–Trinajstić information content (AvgIpc) is 3.19. The Bertz CT molecular complexity index is 1000. The largest absolute Gasteiger partial charge is 0.467 e. The highest BCUT2D eigenvalue weighted by atomic mass is 35.5. The number of furan rings is 1. The zero-order chi connectivity index (χ0) is 22.1. The van der Waals surface area contributed by atoms with Crippen LogP contribution in [-0.2, 0) is 27.5 Å². The third-order valence-corrected chi connectivity index (χ3v) is 7.26. The SMILES string of the molecule is CN(Cc1ccco1)C(=O)C1CCN(S(=O)(=O)c2ccc(Cl)c(C(F)(F)F)c2)CC1. The van der Waals surface area contributed by atoms with Gasteiger partial charge in [-0.15, -0.1) is 0 Å². The number of carbonyl (C=O) groups excluding carboxylic acids is 1. The van der Waals surface area contributed by atoms with Crippen molar-refractivity contribution in [2.75, 3.05) is 20.1 Å². The maximum Gasteiger partial charge on any atom is 0.417 e. The van der Waals surface area contributed by atoms with Gasteiger partial charge in [0.1, 0.15) is 5.76 Å². The van der Waals surface area contributed by atoms with Crippen molar-refractivity contribution in [3.63, 3.8) is 0 Å². The van der Waals surface area contributed by atoms with Gasteiger partial charge >= 0.3 is 6.18 Å². The predicted molar refractivity (Wildman–Crippen MR) is 103 cm³/mol. The molecule has 0 N–H and O–H groups in total. The molecule has 1 aliphatic heterocycles. The summed E-state index contributed by atoms with van der Waals surface area (Å²) < 4.78 is 71.1. The first-order chi connectivity index (χ1) is 14.0. The molecule has 0 aliphatic carbocycles. The fourth-order valence-electron chi connectivity index (χ4n) is 3.40. The highest BCUT2D eigenvalue weighted by molar-refractivity contribution is 7.89. The number of hydrogen-bond acceptors (Lipinski definition) is 4. The second-order valence-electron chi connectivity index (χ2n) is 7.09. The van der Waals surface area contributed by atoms with Crippen LogP contribution >= 0.6 is 11.6 Å². The zero-order valence-electron chi connectivity index (χ0n) is 16.0. The Morgan fingerprint density at radius 2 is 1.93 bits per heavy atom. The van der Waals surface area contributed by atoms with Gasteiger partial charge < -0.3 is 9.32 Å². The van der Waals surface area contributed by atoms with Crippen LogP contribution in [0.5, 0.6) is 0 Å². The van der Waals surface area contributed by atoms with Gasteiger partial charge in [-0.05, 0) is 43.2 Å². The molecule has 1 saturated heterocycles. The molecule has 1 aromatic heterocycles. The van der Waals surface area contributed by atoms with E-state index in [1.807, 2.05) is 0 Å². The molecular formula is C19H20ClF3N2O4S. The molecule has 3 rings (SSSR count). The maximum atomic E-state index is 13.1. The predicted octanol–water partition coefficient (Wildman–Crippen LogP) is 4.01. The Kier molecular flexibility index (Phi) is 6.49. The standard InChI is InChI=1S/C19H20ClF3N2O4S/c1-24(12-14-3-2-10-29-14)18(26)13-6-8-25(9-7-13)30(27,28)15-4-5-17(20)16(11-15)19(21,22)23/h2-5,10-11,13H,6-9,12H2,1H3. The lowest BCUT2D eigenvalue weighted by molar-refractivity contribution is -0.138. The molecule has 164 valence electrons. The van der Waals surface area contributed by atoms with E-state index in [2.05, 4.69) is 0 Å². The number of nitrogens with zero attached hydrogens (tertiary/aromatic N) is 2. The summed E-state index contributed by atoms with van der Waals surface area (Å²) in [5.74, 6) is 0.135. The van der Waals surface area contributed by atoms with E-state index in [1.54, 1.807) is 19.2 Å². The minimum absolute atomic E-state index is 0.0390. The number of rotatable bonds is 5. The van der Waals surface area contributed by atoms with E-state index in [9.17, 15) is 26.4 Å². The van der Waals surface area contributed by atoms with Crippen LogP contribution in [0.2, 0.25) is 5.02 Å². The van der Waals surface area contributed by atoms with E-state index in [1.165, 1.54) is 11.2 Å². The van der Waals surface area contributed by atoms with E-state index < -0.39 is 31.7 Å². The van der Waals surface area contributed by atoms with Crippen molar-refractivity contribution in [1.82, 2.24) is 9.21 Å². The van der Waals surface area contributed by atoms with Crippen LogP contribution in [0.1, 0.15) is 24.2 Å². The minimum atomic E-state index is -4.76. The van der Waals surface area contributed by atoms with Crippen molar-refractivity contribution in [2.24, 2.45) is 5.92 Å². The number of hydrogen-bond donors (Lipinski definition) is 0. The topological polar surface area (TPSA) is 70.8 Å². The molecule has 1 amide bonds. The van der Waals surface area contributed by atoms with E-state index >= 15 is 0 Å². The molecule has 11 heteroatoms. The molecule has 1 fully saturated rings. The Hall–Kier alpha value is -2.04. The van der Waals surface area contributed by atoms with Crippen LogP contribution in [-0.4, -0.2) is 43.7 Å². The molecule has 30 heavy (non-hydrogen) atoms. The third kappa shape index (κ3) is 4.81. The highest BCUT2D eigenvalue weighted by Gasteiger charge is 2.37. The average molecular weight is 465 g/mol. The zero-order valence-corrected chi connectivity index (χ0v) is 17.6. The highest BCUT2D eigenvalue weighted by Crippen LogP contribution is 2.37. The van der Waals surface area contributed by atoms with Crippen molar-refractivity contribution < 1.29 is 30.8 Å². The first kappa shape index (κ1) is 22.6. The molecule has 0 atom stereocenters. The summed E-state index contributed by atoms with van der Waals surface area (Å²) in [6.07, 6.45) is -2.70. The Morgan fingerprint density at radius 3 is 2.50 bits per heavy atom. The second kappa shape index (κ2) is 8.60.